The predicted molar refractivity (Wildman–Crippen MR) is 75.1 cm³/mol. The Morgan fingerprint density at radius 2 is 2.15 bits per heavy atom. The molecule has 0 unspecified atom stereocenters. The molecular formula is C15H18N4O. The average Bonchev–Trinajstić information content (AvgIpc) is 2.98. The summed E-state index contributed by atoms with van der Waals surface area (Å²) >= 11 is 0. The van der Waals surface area contributed by atoms with Crippen LogP contribution in [0.25, 0.3) is 5.82 Å². The smallest absolute Gasteiger partial charge is 0.264 e. The van der Waals surface area contributed by atoms with E-state index < -0.39 is 0 Å². The lowest BCUT2D eigenvalue weighted by Gasteiger charge is -2.35. The van der Waals surface area contributed by atoms with Crippen molar-refractivity contribution < 1.29 is 0 Å². The van der Waals surface area contributed by atoms with Gasteiger partial charge < -0.3 is 0 Å². The van der Waals surface area contributed by atoms with Gasteiger partial charge in [0.05, 0.1) is 11.9 Å². The molecule has 2 aliphatic carbocycles. The van der Waals surface area contributed by atoms with E-state index in [2.05, 4.69) is 36.1 Å². The van der Waals surface area contributed by atoms with E-state index in [0.717, 1.165) is 0 Å². The van der Waals surface area contributed by atoms with Crippen molar-refractivity contribution in [3.05, 3.63) is 39.9 Å². The van der Waals surface area contributed by atoms with Crippen molar-refractivity contribution in [2.45, 2.75) is 44.9 Å². The van der Waals surface area contributed by atoms with Crippen molar-refractivity contribution in [1.29, 1.82) is 0 Å². The van der Waals surface area contributed by atoms with Crippen LogP contribution in [-0.2, 0) is 5.41 Å². The Morgan fingerprint density at radius 3 is 2.85 bits per heavy atom. The van der Waals surface area contributed by atoms with Gasteiger partial charge in [0, 0.05) is 11.5 Å². The number of aromatic amines is 1. The molecule has 1 saturated carbocycles. The van der Waals surface area contributed by atoms with Crippen molar-refractivity contribution in [1.82, 2.24) is 20.0 Å². The van der Waals surface area contributed by atoms with Gasteiger partial charge in [0.2, 0.25) is 0 Å². The quantitative estimate of drug-likeness (QED) is 0.863. The van der Waals surface area contributed by atoms with Crippen LogP contribution in [0.2, 0.25) is 0 Å². The Bertz CT molecular complexity index is 737. The fourth-order valence-corrected chi connectivity index (χ4v) is 4.27. The monoisotopic (exact) mass is 270 g/mol. The second-order valence-electron chi connectivity index (χ2n) is 6.78. The van der Waals surface area contributed by atoms with Crippen molar-refractivity contribution in [2.24, 2.45) is 5.41 Å². The first-order valence-corrected chi connectivity index (χ1v) is 7.10. The molecule has 4 rings (SSSR count). The maximum atomic E-state index is 11.2. The third-order valence-electron chi connectivity index (χ3n) is 5.80. The zero-order valence-corrected chi connectivity index (χ0v) is 12.0. The molecule has 0 aromatic carbocycles. The van der Waals surface area contributed by atoms with Crippen molar-refractivity contribution in [3.8, 4) is 5.82 Å². The number of H-pyrrole nitrogens is 1. The first kappa shape index (κ1) is 11.9. The van der Waals surface area contributed by atoms with Crippen LogP contribution in [0.3, 0.4) is 0 Å². The molecule has 2 heterocycles. The molecule has 1 fully saturated rings. The summed E-state index contributed by atoms with van der Waals surface area (Å²) in [6, 6.07) is 3.23. The maximum Gasteiger partial charge on any atom is 0.264 e. The number of rotatable bonds is 1. The van der Waals surface area contributed by atoms with E-state index in [9.17, 15) is 4.79 Å². The largest absolute Gasteiger partial charge is 0.268 e. The second-order valence-corrected chi connectivity index (χ2v) is 6.78. The molecule has 0 spiro atoms. The molecule has 0 radical (unpaired) electrons. The number of aromatic nitrogens is 4. The highest BCUT2D eigenvalue weighted by Crippen LogP contribution is 2.67. The summed E-state index contributed by atoms with van der Waals surface area (Å²) in [6.45, 7) is 7.05. The highest BCUT2D eigenvalue weighted by Gasteiger charge is 2.61. The molecule has 2 bridgehead atoms. The molecular weight excluding hydrogens is 252 g/mol. The van der Waals surface area contributed by atoms with E-state index in [-0.39, 0.29) is 16.4 Å². The van der Waals surface area contributed by atoms with Gasteiger partial charge in [0.25, 0.3) is 5.56 Å². The van der Waals surface area contributed by atoms with Crippen LogP contribution in [0.5, 0.6) is 0 Å². The summed E-state index contributed by atoms with van der Waals surface area (Å²) in [5, 5.41) is 11.1. The molecule has 20 heavy (non-hydrogen) atoms. The minimum Gasteiger partial charge on any atom is -0.268 e. The van der Waals surface area contributed by atoms with Crippen LogP contribution >= 0.6 is 0 Å². The van der Waals surface area contributed by atoms with E-state index in [0.29, 0.717) is 11.7 Å². The van der Waals surface area contributed by atoms with Gasteiger partial charge in [0.15, 0.2) is 5.82 Å². The lowest BCUT2D eigenvalue weighted by atomic mass is 9.70. The normalized spacial score (nSPS) is 29.6. The summed E-state index contributed by atoms with van der Waals surface area (Å²) in [5.74, 6) is 1.27. The summed E-state index contributed by atoms with van der Waals surface area (Å²) < 4.78 is 1.91. The molecule has 104 valence electrons. The Balaban J connectivity index is 1.95. The van der Waals surface area contributed by atoms with Crippen molar-refractivity contribution in [3.63, 3.8) is 0 Å². The summed E-state index contributed by atoms with van der Waals surface area (Å²) in [6.07, 6.45) is 4.41. The van der Waals surface area contributed by atoms with E-state index in [4.69, 9.17) is 0 Å². The van der Waals surface area contributed by atoms with Gasteiger partial charge in [-0.2, -0.15) is 10.2 Å². The number of hydrogen-bond donors (Lipinski definition) is 1. The number of nitrogens with zero attached hydrogens (tertiary/aromatic N) is 3. The molecule has 0 saturated heterocycles. The molecule has 2 atom stereocenters. The summed E-state index contributed by atoms with van der Waals surface area (Å²) in [5.41, 5.74) is 2.83. The lowest BCUT2D eigenvalue weighted by Crippen LogP contribution is -2.33. The summed E-state index contributed by atoms with van der Waals surface area (Å²) in [4.78, 5) is 11.2. The molecule has 2 aromatic rings. The number of nitrogens with one attached hydrogen (secondary N) is 1. The lowest BCUT2D eigenvalue weighted by molar-refractivity contribution is 0.222. The Kier molecular flexibility index (Phi) is 2.02. The van der Waals surface area contributed by atoms with Gasteiger partial charge in [-0.05, 0) is 35.8 Å². The maximum absolute atomic E-state index is 11.2. The van der Waals surface area contributed by atoms with Crippen LogP contribution in [0.4, 0.5) is 0 Å². The highest BCUT2D eigenvalue weighted by atomic mass is 16.1. The zero-order valence-electron chi connectivity index (χ0n) is 12.0. The van der Waals surface area contributed by atoms with Gasteiger partial charge in [0.1, 0.15) is 0 Å². The molecule has 2 aliphatic rings. The third-order valence-corrected chi connectivity index (χ3v) is 5.80. The summed E-state index contributed by atoms with van der Waals surface area (Å²) in [7, 11) is 0. The topological polar surface area (TPSA) is 63.6 Å². The third kappa shape index (κ3) is 1.16. The molecule has 1 N–H and O–H groups in total. The number of fused-ring (bicyclic) bond motifs is 5. The van der Waals surface area contributed by atoms with Crippen molar-refractivity contribution >= 4 is 0 Å². The van der Waals surface area contributed by atoms with Crippen LogP contribution in [0, 0.1) is 5.41 Å². The highest BCUT2D eigenvalue weighted by molar-refractivity contribution is 5.47. The Morgan fingerprint density at radius 1 is 1.35 bits per heavy atom. The molecule has 0 amide bonds. The second kappa shape index (κ2) is 3.40. The zero-order chi connectivity index (χ0) is 14.1. The van der Waals surface area contributed by atoms with E-state index in [1.807, 2.05) is 10.9 Å². The Hall–Kier alpha value is -1.91. The minimum absolute atomic E-state index is 0.126. The van der Waals surface area contributed by atoms with E-state index in [1.165, 1.54) is 30.2 Å². The van der Waals surface area contributed by atoms with Gasteiger partial charge >= 0.3 is 0 Å². The first-order valence-electron chi connectivity index (χ1n) is 7.10. The average molecular weight is 270 g/mol. The fourth-order valence-electron chi connectivity index (χ4n) is 4.27. The van der Waals surface area contributed by atoms with Gasteiger partial charge in [-0.25, -0.2) is 9.78 Å². The predicted octanol–water partition coefficient (Wildman–Crippen LogP) is 2.13. The fraction of sp³-hybridized carbons (Fsp3) is 0.533. The number of hydrogen-bond acceptors (Lipinski definition) is 3. The van der Waals surface area contributed by atoms with E-state index >= 15 is 0 Å². The SMILES string of the molecule is CC1(C)[C@@H]2CC[C@@]1(C)c1c2cnn1-c1ccc(=O)[nH]n1. The van der Waals surface area contributed by atoms with Crippen molar-refractivity contribution in [2.75, 3.05) is 0 Å². The standard InChI is InChI=1S/C15H18N4O/c1-14(2)10-6-7-15(14,3)13-9(10)8-16-19(13)11-4-5-12(20)18-17-11/h4-5,8,10H,6-7H2,1-3H3,(H,18,20)/t10-,15+/m1/s1. The Labute approximate surface area is 117 Å². The molecule has 0 aliphatic heterocycles. The molecule has 2 aromatic heterocycles. The van der Waals surface area contributed by atoms with Gasteiger partial charge in [-0.3, -0.25) is 4.79 Å². The first-order chi connectivity index (χ1) is 9.45. The van der Waals surface area contributed by atoms with Crippen LogP contribution in [0.1, 0.15) is 50.8 Å². The molecule has 5 heteroatoms. The van der Waals surface area contributed by atoms with Crippen LogP contribution < -0.4 is 5.56 Å². The van der Waals surface area contributed by atoms with Gasteiger partial charge in [-0.1, -0.05) is 20.8 Å². The van der Waals surface area contributed by atoms with Crippen LogP contribution in [-0.4, -0.2) is 20.0 Å². The van der Waals surface area contributed by atoms with E-state index in [1.54, 1.807) is 6.07 Å². The molecule has 5 nitrogen and oxygen atoms in total. The minimum atomic E-state index is -0.189. The van der Waals surface area contributed by atoms with Gasteiger partial charge in [-0.15, -0.1) is 0 Å². The van der Waals surface area contributed by atoms with Crippen LogP contribution in [0.15, 0.2) is 23.1 Å².